The minimum Gasteiger partial charge on any atom is -0.462 e. The van der Waals surface area contributed by atoms with E-state index < -0.39 is 0 Å². The number of esters is 1. The summed E-state index contributed by atoms with van der Waals surface area (Å²) in [5.41, 5.74) is 0. The minimum absolute atomic E-state index is 0.0813. The molecule has 0 spiro atoms. The maximum absolute atomic E-state index is 12.4. The Kier molecular flexibility index (Phi) is 12.7. The Hall–Kier alpha value is -0.530. The summed E-state index contributed by atoms with van der Waals surface area (Å²) in [6.07, 6.45) is 29.4. The molecule has 0 aromatic carbocycles. The van der Waals surface area contributed by atoms with E-state index in [9.17, 15) is 4.79 Å². The highest BCUT2D eigenvalue weighted by atomic mass is 16.5. The van der Waals surface area contributed by atoms with E-state index in [0.29, 0.717) is 6.42 Å². The smallest absolute Gasteiger partial charge is 0.306 e. The molecule has 0 heterocycles. The molecular formula is C31H56O2. The van der Waals surface area contributed by atoms with Crippen LogP contribution < -0.4 is 0 Å². The van der Waals surface area contributed by atoms with E-state index in [4.69, 9.17) is 4.74 Å². The Morgan fingerprint density at radius 2 is 1.21 bits per heavy atom. The van der Waals surface area contributed by atoms with Crippen molar-refractivity contribution in [3.8, 4) is 0 Å². The summed E-state index contributed by atoms with van der Waals surface area (Å²) in [7, 11) is 0. The molecule has 3 fully saturated rings. The zero-order valence-corrected chi connectivity index (χ0v) is 22.3. The van der Waals surface area contributed by atoms with Crippen molar-refractivity contribution < 1.29 is 9.53 Å². The van der Waals surface area contributed by atoms with Gasteiger partial charge in [-0.1, -0.05) is 97.3 Å². The molecule has 0 aromatic rings. The molecule has 3 aliphatic carbocycles. The number of carbonyl (C=O) groups is 1. The number of carbonyl (C=O) groups excluding carboxylic acids is 1. The van der Waals surface area contributed by atoms with Crippen molar-refractivity contribution in [3.63, 3.8) is 0 Å². The highest BCUT2D eigenvalue weighted by molar-refractivity contribution is 5.69. The Morgan fingerprint density at radius 1 is 0.636 bits per heavy atom. The van der Waals surface area contributed by atoms with E-state index in [0.717, 1.165) is 48.9 Å². The molecular weight excluding hydrogens is 404 g/mol. The largest absolute Gasteiger partial charge is 0.462 e. The third kappa shape index (κ3) is 9.21. The Balaban J connectivity index is 1.30. The lowest BCUT2D eigenvalue weighted by atomic mass is 9.56. The van der Waals surface area contributed by atoms with Crippen LogP contribution in [0.2, 0.25) is 0 Å². The lowest BCUT2D eigenvalue weighted by molar-refractivity contribution is -0.153. The number of hydrogen-bond donors (Lipinski definition) is 0. The van der Waals surface area contributed by atoms with Gasteiger partial charge in [0.25, 0.3) is 0 Å². The van der Waals surface area contributed by atoms with Crippen molar-refractivity contribution in [1.82, 2.24) is 0 Å². The maximum atomic E-state index is 12.4. The molecule has 3 aliphatic rings. The lowest BCUT2D eigenvalue weighted by Gasteiger charge is -2.50. The Bertz CT molecular complexity index is 529. The van der Waals surface area contributed by atoms with Gasteiger partial charge in [-0.05, 0) is 81.0 Å². The molecule has 0 saturated heterocycles. The van der Waals surface area contributed by atoms with Gasteiger partial charge < -0.3 is 4.74 Å². The summed E-state index contributed by atoms with van der Waals surface area (Å²) in [4.78, 5) is 12.4. The first-order valence-electron chi connectivity index (χ1n) is 15.4. The van der Waals surface area contributed by atoms with Crippen LogP contribution in [-0.2, 0) is 9.53 Å². The van der Waals surface area contributed by atoms with Crippen LogP contribution in [0.5, 0.6) is 0 Å². The summed E-state index contributed by atoms with van der Waals surface area (Å²) in [5, 5.41) is 0. The van der Waals surface area contributed by atoms with Gasteiger partial charge in [-0.3, -0.25) is 4.79 Å². The lowest BCUT2D eigenvalue weighted by Crippen LogP contribution is -2.43. The molecule has 6 atom stereocenters. The van der Waals surface area contributed by atoms with Gasteiger partial charge in [-0.15, -0.1) is 0 Å². The molecule has 0 N–H and O–H groups in total. The zero-order valence-electron chi connectivity index (χ0n) is 22.3. The van der Waals surface area contributed by atoms with E-state index in [2.05, 4.69) is 13.8 Å². The molecule has 192 valence electrons. The van der Waals surface area contributed by atoms with Crippen LogP contribution in [0.25, 0.3) is 0 Å². The predicted octanol–water partition coefficient (Wildman–Crippen LogP) is 9.64. The van der Waals surface area contributed by atoms with Crippen molar-refractivity contribution in [3.05, 3.63) is 0 Å². The van der Waals surface area contributed by atoms with Gasteiger partial charge in [0.05, 0.1) is 0 Å². The molecule has 0 radical (unpaired) electrons. The van der Waals surface area contributed by atoms with E-state index in [1.165, 1.54) is 116 Å². The van der Waals surface area contributed by atoms with Crippen LogP contribution in [0.1, 0.15) is 155 Å². The summed E-state index contributed by atoms with van der Waals surface area (Å²) in [6, 6.07) is 0. The average molecular weight is 461 g/mol. The van der Waals surface area contributed by atoms with Gasteiger partial charge in [-0.25, -0.2) is 0 Å². The maximum Gasteiger partial charge on any atom is 0.306 e. The quantitative estimate of drug-likeness (QED) is 0.179. The molecule has 3 rings (SSSR count). The normalized spacial score (nSPS) is 31.6. The first kappa shape index (κ1) is 27.1. The van der Waals surface area contributed by atoms with E-state index in [1.807, 2.05) is 0 Å². The zero-order chi connectivity index (χ0) is 23.3. The molecule has 0 bridgehead atoms. The van der Waals surface area contributed by atoms with Gasteiger partial charge >= 0.3 is 5.97 Å². The van der Waals surface area contributed by atoms with Crippen LogP contribution in [0.4, 0.5) is 0 Å². The SMILES string of the molecule is CCCCCCCCC(=O)O[C@H]1CCC2C(CCC3C[C@@H](CCCCCCCC)CCC32)C1. The standard InChI is InChI=1S/C31H56O2/c1-3-5-7-9-11-13-15-25-17-21-29-26(23-25)18-19-27-24-28(20-22-30(27)29)33-31(32)16-14-12-10-8-6-4-2/h25-30H,3-24H2,1-2H3/t25-,26?,27?,28-,29?,30?/m0/s1. The number of unbranched alkanes of at least 4 members (excludes halogenated alkanes) is 10. The monoisotopic (exact) mass is 460 g/mol. The molecule has 3 saturated carbocycles. The second kappa shape index (κ2) is 15.5. The van der Waals surface area contributed by atoms with Crippen LogP contribution in [0.3, 0.4) is 0 Å². The van der Waals surface area contributed by atoms with Gasteiger partial charge in [0.2, 0.25) is 0 Å². The van der Waals surface area contributed by atoms with E-state index in [1.54, 1.807) is 0 Å². The average Bonchev–Trinajstić information content (AvgIpc) is 2.83. The van der Waals surface area contributed by atoms with Crippen LogP contribution in [-0.4, -0.2) is 12.1 Å². The fourth-order valence-corrected chi connectivity index (χ4v) is 7.73. The van der Waals surface area contributed by atoms with Crippen LogP contribution >= 0.6 is 0 Å². The Labute approximate surface area is 206 Å². The highest BCUT2D eigenvalue weighted by Gasteiger charge is 2.44. The van der Waals surface area contributed by atoms with Crippen molar-refractivity contribution in [2.75, 3.05) is 0 Å². The number of fused-ring (bicyclic) bond motifs is 3. The fraction of sp³-hybridized carbons (Fsp3) is 0.968. The van der Waals surface area contributed by atoms with Crippen molar-refractivity contribution in [2.24, 2.45) is 29.6 Å². The molecule has 4 unspecified atom stereocenters. The number of hydrogen-bond acceptors (Lipinski definition) is 2. The van der Waals surface area contributed by atoms with Crippen molar-refractivity contribution >= 4 is 5.97 Å². The van der Waals surface area contributed by atoms with Crippen molar-refractivity contribution in [1.29, 1.82) is 0 Å². The first-order valence-corrected chi connectivity index (χ1v) is 15.4. The Morgan fingerprint density at radius 3 is 1.91 bits per heavy atom. The third-order valence-corrected chi connectivity index (χ3v) is 9.60. The van der Waals surface area contributed by atoms with Gasteiger partial charge in [-0.2, -0.15) is 0 Å². The van der Waals surface area contributed by atoms with Crippen LogP contribution in [0, 0.1) is 29.6 Å². The molecule has 2 heteroatoms. The third-order valence-electron chi connectivity index (χ3n) is 9.60. The topological polar surface area (TPSA) is 26.3 Å². The summed E-state index contributed by atoms with van der Waals surface area (Å²) < 4.78 is 5.96. The van der Waals surface area contributed by atoms with Crippen LogP contribution in [0.15, 0.2) is 0 Å². The summed E-state index contributed by atoms with van der Waals surface area (Å²) in [6.45, 7) is 4.56. The summed E-state index contributed by atoms with van der Waals surface area (Å²) in [5.74, 6) is 4.88. The molecule has 0 aromatic heterocycles. The first-order chi connectivity index (χ1) is 16.2. The molecule has 0 aliphatic heterocycles. The fourth-order valence-electron chi connectivity index (χ4n) is 7.73. The predicted molar refractivity (Wildman–Crippen MR) is 140 cm³/mol. The summed E-state index contributed by atoms with van der Waals surface area (Å²) >= 11 is 0. The molecule has 0 amide bonds. The molecule has 2 nitrogen and oxygen atoms in total. The second-order valence-corrected chi connectivity index (χ2v) is 12.1. The van der Waals surface area contributed by atoms with E-state index in [-0.39, 0.29) is 12.1 Å². The number of ether oxygens (including phenoxy) is 1. The molecule has 33 heavy (non-hydrogen) atoms. The van der Waals surface area contributed by atoms with Gasteiger partial charge in [0.1, 0.15) is 6.10 Å². The van der Waals surface area contributed by atoms with E-state index >= 15 is 0 Å². The number of rotatable bonds is 15. The van der Waals surface area contributed by atoms with Crippen molar-refractivity contribution in [2.45, 2.75) is 161 Å². The highest BCUT2D eigenvalue weighted by Crippen LogP contribution is 2.53. The van der Waals surface area contributed by atoms with Gasteiger partial charge in [0.15, 0.2) is 0 Å². The second-order valence-electron chi connectivity index (χ2n) is 12.1. The van der Waals surface area contributed by atoms with Gasteiger partial charge in [0, 0.05) is 6.42 Å². The minimum atomic E-state index is 0.0813.